The third-order valence-electron chi connectivity index (χ3n) is 6.20. The molecule has 2 aromatic carbocycles. The quantitative estimate of drug-likeness (QED) is 0.401. The van der Waals surface area contributed by atoms with Crippen molar-refractivity contribution in [3.8, 4) is 0 Å². The van der Waals surface area contributed by atoms with Gasteiger partial charge >= 0.3 is 5.97 Å². The van der Waals surface area contributed by atoms with Crippen molar-refractivity contribution in [2.75, 3.05) is 55.4 Å². The first-order valence-electron chi connectivity index (χ1n) is 12.2. The number of rotatable bonds is 9. The molecule has 9 heteroatoms. The molecule has 1 aliphatic heterocycles. The summed E-state index contributed by atoms with van der Waals surface area (Å²) in [5, 5.41) is 6.06. The smallest absolute Gasteiger partial charge is 0.337 e. The van der Waals surface area contributed by atoms with E-state index in [1.807, 2.05) is 24.3 Å². The zero-order chi connectivity index (χ0) is 25.5. The molecular formula is C27H33FN6O2. The molecule has 0 spiro atoms. The lowest BCUT2D eigenvalue weighted by molar-refractivity contribution is 0.0600. The molecule has 2 heterocycles. The second-order valence-electron chi connectivity index (χ2n) is 9.27. The number of esters is 1. The third-order valence-corrected chi connectivity index (χ3v) is 6.20. The number of carbonyl (C=O) groups excluding carboxylic acids is 1. The van der Waals surface area contributed by atoms with Crippen molar-refractivity contribution in [1.29, 1.82) is 0 Å². The Labute approximate surface area is 211 Å². The normalized spacial score (nSPS) is 14.1. The fraction of sp³-hybridized carbons (Fsp3) is 0.370. The van der Waals surface area contributed by atoms with Gasteiger partial charge in [0.2, 0.25) is 5.95 Å². The zero-order valence-electron chi connectivity index (χ0n) is 21.0. The minimum atomic E-state index is -0.553. The number of nitrogens with zero attached hydrogens (tertiary/aromatic N) is 4. The van der Waals surface area contributed by atoms with Gasteiger partial charge in [0.05, 0.1) is 18.9 Å². The summed E-state index contributed by atoms with van der Waals surface area (Å²) in [5.41, 5.74) is 2.99. The van der Waals surface area contributed by atoms with Crippen molar-refractivity contribution in [2.24, 2.45) is 5.92 Å². The molecule has 1 saturated heterocycles. The number of ether oxygens (including phenoxy) is 1. The van der Waals surface area contributed by atoms with Gasteiger partial charge in [-0.1, -0.05) is 13.8 Å². The molecule has 0 saturated carbocycles. The molecule has 8 nitrogen and oxygen atoms in total. The highest BCUT2D eigenvalue weighted by Crippen LogP contribution is 2.24. The summed E-state index contributed by atoms with van der Waals surface area (Å²) in [4.78, 5) is 24.8. The molecule has 190 valence electrons. The summed E-state index contributed by atoms with van der Waals surface area (Å²) >= 11 is 0. The fourth-order valence-corrected chi connectivity index (χ4v) is 4.01. The minimum Gasteiger partial charge on any atom is -0.465 e. The van der Waals surface area contributed by atoms with Gasteiger partial charge < -0.3 is 20.3 Å². The number of benzene rings is 2. The van der Waals surface area contributed by atoms with Crippen LogP contribution in [0.1, 0.15) is 30.6 Å². The van der Waals surface area contributed by atoms with Crippen LogP contribution in [0.5, 0.6) is 0 Å². The van der Waals surface area contributed by atoms with E-state index in [4.69, 9.17) is 4.74 Å². The summed E-state index contributed by atoms with van der Waals surface area (Å²) < 4.78 is 19.1. The van der Waals surface area contributed by atoms with E-state index < -0.39 is 11.8 Å². The van der Waals surface area contributed by atoms with E-state index in [-0.39, 0.29) is 11.8 Å². The van der Waals surface area contributed by atoms with Crippen LogP contribution in [0.25, 0.3) is 0 Å². The zero-order valence-corrected chi connectivity index (χ0v) is 21.0. The monoisotopic (exact) mass is 492 g/mol. The maximum atomic E-state index is 14.4. The molecule has 3 aromatic rings. The standard InChI is InChI=1S/C27H33FN6O2/c1-19(2)12-13-33-14-16-34(17-15-33)23-10-8-21(9-11-23)30-25-24(28)18-29-27(32-25)31-22-6-4-20(5-7-22)26(35)36-3/h4-11,18-19H,12-17H2,1-3H3,(H2,29,30,31,32). The Bertz CT molecular complexity index is 1150. The molecule has 2 N–H and O–H groups in total. The molecule has 0 aliphatic carbocycles. The Morgan fingerprint density at radius 3 is 2.28 bits per heavy atom. The topological polar surface area (TPSA) is 82.6 Å². The number of methoxy groups -OCH3 is 1. The lowest BCUT2D eigenvalue weighted by Gasteiger charge is -2.36. The predicted octanol–water partition coefficient (Wildman–Crippen LogP) is 5.06. The second kappa shape index (κ2) is 11.8. The molecule has 4 rings (SSSR count). The first-order chi connectivity index (χ1) is 17.4. The van der Waals surface area contributed by atoms with Gasteiger partial charge in [-0.25, -0.2) is 14.2 Å². The molecule has 1 aromatic heterocycles. The minimum absolute atomic E-state index is 0.0743. The average Bonchev–Trinajstić information content (AvgIpc) is 2.90. The Balaban J connectivity index is 1.35. The molecular weight excluding hydrogens is 459 g/mol. The molecule has 36 heavy (non-hydrogen) atoms. The van der Waals surface area contributed by atoms with Gasteiger partial charge in [-0.05, 0) is 67.4 Å². The van der Waals surface area contributed by atoms with E-state index >= 15 is 0 Å². The number of carbonyl (C=O) groups is 1. The number of halogens is 1. The van der Waals surface area contributed by atoms with E-state index in [0.717, 1.165) is 56.2 Å². The van der Waals surface area contributed by atoms with E-state index in [1.165, 1.54) is 13.5 Å². The van der Waals surface area contributed by atoms with Crippen LogP contribution in [0.3, 0.4) is 0 Å². The van der Waals surface area contributed by atoms with Crippen LogP contribution in [-0.2, 0) is 4.74 Å². The molecule has 1 fully saturated rings. The van der Waals surface area contributed by atoms with Crippen molar-refractivity contribution in [2.45, 2.75) is 20.3 Å². The summed E-state index contributed by atoms with van der Waals surface area (Å²) in [6.07, 6.45) is 2.35. The van der Waals surface area contributed by atoms with Crippen LogP contribution >= 0.6 is 0 Å². The maximum absolute atomic E-state index is 14.4. The van der Waals surface area contributed by atoms with Gasteiger partial charge in [0.25, 0.3) is 0 Å². The van der Waals surface area contributed by atoms with Crippen molar-refractivity contribution in [1.82, 2.24) is 14.9 Å². The van der Waals surface area contributed by atoms with Crippen LogP contribution in [0.15, 0.2) is 54.7 Å². The summed E-state index contributed by atoms with van der Waals surface area (Å²) in [6, 6.07) is 14.6. The number of hydrogen-bond donors (Lipinski definition) is 2. The van der Waals surface area contributed by atoms with Crippen LogP contribution in [0.4, 0.5) is 33.2 Å². The number of aromatic nitrogens is 2. The molecule has 0 unspecified atom stereocenters. The second-order valence-corrected chi connectivity index (χ2v) is 9.27. The SMILES string of the molecule is COC(=O)c1ccc(Nc2ncc(F)c(Nc3ccc(N4CCN(CCC(C)C)CC4)cc3)n2)cc1. The Hall–Kier alpha value is -3.72. The van der Waals surface area contributed by atoms with Crippen LogP contribution in [-0.4, -0.2) is 60.7 Å². The van der Waals surface area contributed by atoms with Gasteiger partial charge in [0, 0.05) is 43.2 Å². The first kappa shape index (κ1) is 25.4. The van der Waals surface area contributed by atoms with Gasteiger partial charge in [-0.2, -0.15) is 4.98 Å². The number of hydrogen-bond acceptors (Lipinski definition) is 8. The summed E-state index contributed by atoms with van der Waals surface area (Å²) in [7, 11) is 1.33. The predicted molar refractivity (Wildman–Crippen MR) is 141 cm³/mol. The Morgan fingerprint density at radius 1 is 1.00 bits per heavy atom. The fourth-order valence-electron chi connectivity index (χ4n) is 4.01. The number of nitrogens with one attached hydrogen (secondary N) is 2. The van der Waals surface area contributed by atoms with Crippen molar-refractivity contribution in [3.05, 3.63) is 66.1 Å². The number of anilines is 5. The van der Waals surface area contributed by atoms with E-state index in [2.05, 4.69) is 44.2 Å². The maximum Gasteiger partial charge on any atom is 0.337 e. The summed E-state index contributed by atoms with van der Waals surface area (Å²) in [5.74, 6) is 0.0697. The van der Waals surface area contributed by atoms with E-state index in [0.29, 0.717) is 11.3 Å². The van der Waals surface area contributed by atoms with Crippen LogP contribution < -0.4 is 15.5 Å². The first-order valence-corrected chi connectivity index (χ1v) is 12.2. The highest BCUT2D eigenvalue weighted by molar-refractivity contribution is 5.89. The van der Waals surface area contributed by atoms with Gasteiger partial charge in [-0.3, -0.25) is 4.90 Å². The molecule has 0 amide bonds. The molecule has 1 aliphatic rings. The molecule has 0 radical (unpaired) electrons. The highest BCUT2D eigenvalue weighted by Gasteiger charge is 2.17. The summed E-state index contributed by atoms with van der Waals surface area (Å²) in [6.45, 7) is 9.84. The average molecular weight is 493 g/mol. The number of piperazine rings is 1. The van der Waals surface area contributed by atoms with Crippen LogP contribution in [0.2, 0.25) is 0 Å². The van der Waals surface area contributed by atoms with Crippen LogP contribution in [0, 0.1) is 11.7 Å². The lowest BCUT2D eigenvalue weighted by atomic mass is 10.1. The lowest BCUT2D eigenvalue weighted by Crippen LogP contribution is -2.46. The van der Waals surface area contributed by atoms with Gasteiger partial charge in [0.15, 0.2) is 11.6 Å². The third kappa shape index (κ3) is 6.69. The Kier molecular flexibility index (Phi) is 8.32. The van der Waals surface area contributed by atoms with Gasteiger partial charge in [0.1, 0.15) is 0 Å². The molecule has 0 atom stereocenters. The van der Waals surface area contributed by atoms with Gasteiger partial charge in [-0.15, -0.1) is 0 Å². The van der Waals surface area contributed by atoms with E-state index in [9.17, 15) is 9.18 Å². The van der Waals surface area contributed by atoms with Crippen molar-refractivity contribution < 1.29 is 13.9 Å². The van der Waals surface area contributed by atoms with Crippen molar-refractivity contribution >= 4 is 34.8 Å². The van der Waals surface area contributed by atoms with Crippen molar-refractivity contribution in [3.63, 3.8) is 0 Å². The van der Waals surface area contributed by atoms with E-state index in [1.54, 1.807) is 24.3 Å². The largest absolute Gasteiger partial charge is 0.465 e. The highest BCUT2D eigenvalue weighted by atomic mass is 19.1. The molecule has 0 bridgehead atoms. The Morgan fingerprint density at radius 2 is 1.64 bits per heavy atom.